The van der Waals surface area contributed by atoms with Gasteiger partial charge in [-0.3, -0.25) is 4.98 Å². The van der Waals surface area contributed by atoms with E-state index in [0.717, 1.165) is 34.7 Å². The summed E-state index contributed by atoms with van der Waals surface area (Å²) >= 11 is 6.42. The fourth-order valence-corrected chi connectivity index (χ4v) is 2.52. The smallest absolute Gasteiger partial charge is 0.145 e. The van der Waals surface area contributed by atoms with Crippen LogP contribution in [0.4, 0.5) is 0 Å². The first kappa shape index (κ1) is 15.8. The third-order valence-electron chi connectivity index (χ3n) is 3.24. The molecule has 0 saturated heterocycles. The molecule has 0 atom stereocenters. The molecule has 0 unspecified atom stereocenters. The molecule has 0 spiro atoms. The van der Waals surface area contributed by atoms with Crippen LogP contribution in [0.5, 0.6) is 5.75 Å². The van der Waals surface area contributed by atoms with Crippen LogP contribution in [0.15, 0.2) is 36.7 Å². The first-order valence-corrected chi connectivity index (χ1v) is 7.85. The molecule has 0 aliphatic carbocycles. The van der Waals surface area contributed by atoms with Crippen LogP contribution in [-0.4, -0.2) is 11.6 Å². The number of halogens is 1. The number of hydrogen-bond donors (Lipinski definition) is 0. The zero-order valence-corrected chi connectivity index (χ0v) is 13.7. The van der Waals surface area contributed by atoms with Crippen molar-refractivity contribution < 1.29 is 4.74 Å². The van der Waals surface area contributed by atoms with Crippen molar-refractivity contribution in [3.63, 3.8) is 0 Å². The van der Waals surface area contributed by atoms with E-state index in [2.05, 4.69) is 37.9 Å². The van der Waals surface area contributed by atoms with Gasteiger partial charge in [-0.25, -0.2) is 0 Å². The van der Waals surface area contributed by atoms with E-state index in [-0.39, 0.29) is 0 Å². The lowest BCUT2D eigenvalue weighted by Crippen LogP contribution is -1.98. The molecule has 0 radical (unpaired) electrons. The Kier molecular flexibility index (Phi) is 5.63. The minimum absolute atomic E-state index is 0.595. The standard InChI is InChI=1S/C18H22ClNO/c1-4-9-21-18-12-20-8-7-16(18)14-5-6-15(10-13(2)3)17(19)11-14/h5-8,11-13H,4,9-10H2,1-3H3. The Bertz CT molecular complexity index is 596. The molecule has 0 aliphatic rings. The van der Waals surface area contributed by atoms with Crippen LogP contribution in [0.2, 0.25) is 5.02 Å². The molecule has 1 aromatic heterocycles. The van der Waals surface area contributed by atoms with E-state index >= 15 is 0 Å². The Balaban J connectivity index is 2.32. The summed E-state index contributed by atoms with van der Waals surface area (Å²) in [6, 6.07) is 8.21. The van der Waals surface area contributed by atoms with E-state index in [0.29, 0.717) is 12.5 Å². The lowest BCUT2D eigenvalue weighted by molar-refractivity contribution is 0.317. The topological polar surface area (TPSA) is 22.1 Å². The third kappa shape index (κ3) is 4.21. The van der Waals surface area contributed by atoms with Gasteiger partial charge in [-0.2, -0.15) is 0 Å². The zero-order valence-electron chi connectivity index (χ0n) is 12.9. The molecule has 0 saturated carbocycles. The van der Waals surface area contributed by atoms with Crippen LogP contribution >= 0.6 is 11.6 Å². The first-order valence-electron chi connectivity index (χ1n) is 7.47. The molecule has 3 heteroatoms. The van der Waals surface area contributed by atoms with Gasteiger partial charge in [0.1, 0.15) is 5.75 Å². The van der Waals surface area contributed by atoms with Gasteiger partial charge in [0.25, 0.3) is 0 Å². The molecule has 0 fully saturated rings. The average molecular weight is 304 g/mol. The summed E-state index contributed by atoms with van der Waals surface area (Å²) in [5.41, 5.74) is 3.30. The van der Waals surface area contributed by atoms with Crippen LogP contribution in [0.1, 0.15) is 32.8 Å². The second-order valence-electron chi connectivity index (χ2n) is 5.62. The molecule has 1 heterocycles. The highest BCUT2D eigenvalue weighted by Crippen LogP contribution is 2.32. The Morgan fingerprint density at radius 2 is 2.05 bits per heavy atom. The molecule has 1 aromatic carbocycles. The molecular formula is C18H22ClNO. The van der Waals surface area contributed by atoms with Crippen molar-refractivity contribution in [2.75, 3.05) is 6.61 Å². The van der Waals surface area contributed by atoms with Crippen molar-refractivity contribution in [1.29, 1.82) is 0 Å². The summed E-state index contributed by atoms with van der Waals surface area (Å²) in [6.07, 6.45) is 5.52. The Labute approximate surface area is 132 Å². The van der Waals surface area contributed by atoms with Gasteiger partial charge >= 0.3 is 0 Å². The molecule has 0 bridgehead atoms. The van der Waals surface area contributed by atoms with Crippen LogP contribution in [-0.2, 0) is 6.42 Å². The molecule has 0 amide bonds. The fraction of sp³-hybridized carbons (Fsp3) is 0.389. The minimum atomic E-state index is 0.595. The van der Waals surface area contributed by atoms with Crippen molar-refractivity contribution in [2.45, 2.75) is 33.6 Å². The van der Waals surface area contributed by atoms with E-state index in [1.54, 1.807) is 12.4 Å². The molecular weight excluding hydrogens is 282 g/mol. The number of hydrogen-bond acceptors (Lipinski definition) is 2. The summed E-state index contributed by atoms with van der Waals surface area (Å²) in [7, 11) is 0. The van der Waals surface area contributed by atoms with Crippen molar-refractivity contribution in [3.8, 4) is 16.9 Å². The molecule has 2 rings (SSSR count). The van der Waals surface area contributed by atoms with Crippen LogP contribution in [0.25, 0.3) is 11.1 Å². The highest BCUT2D eigenvalue weighted by molar-refractivity contribution is 6.31. The zero-order chi connectivity index (χ0) is 15.2. The predicted octanol–water partition coefficient (Wildman–Crippen LogP) is 5.39. The Hall–Kier alpha value is -1.54. The van der Waals surface area contributed by atoms with Crippen LogP contribution in [0.3, 0.4) is 0 Å². The second-order valence-corrected chi connectivity index (χ2v) is 6.03. The summed E-state index contributed by atoms with van der Waals surface area (Å²) < 4.78 is 5.77. The van der Waals surface area contributed by atoms with Gasteiger partial charge in [0, 0.05) is 16.8 Å². The Morgan fingerprint density at radius 1 is 1.24 bits per heavy atom. The lowest BCUT2D eigenvalue weighted by atomic mass is 9.99. The largest absolute Gasteiger partial charge is 0.491 e. The number of pyridine rings is 1. The van der Waals surface area contributed by atoms with E-state index in [1.807, 2.05) is 12.1 Å². The van der Waals surface area contributed by atoms with Crippen molar-refractivity contribution in [2.24, 2.45) is 5.92 Å². The lowest BCUT2D eigenvalue weighted by Gasteiger charge is -2.13. The number of rotatable bonds is 6. The van der Waals surface area contributed by atoms with E-state index in [4.69, 9.17) is 16.3 Å². The SMILES string of the molecule is CCCOc1cnccc1-c1ccc(CC(C)C)c(Cl)c1. The number of benzene rings is 1. The number of ether oxygens (including phenoxy) is 1. The van der Waals surface area contributed by atoms with Crippen molar-refractivity contribution in [3.05, 3.63) is 47.2 Å². The van der Waals surface area contributed by atoms with E-state index < -0.39 is 0 Å². The summed E-state index contributed by atoms with van der Waals surface area (Å²) in [4.78, 5) is 4.15. The second kappa shape index (κ2) is 7.46. The monoisotopic (exact) mass is 303 g/mol. The number of nitrogens with zero attached hydrogens (tertiary/aromatic N) is 1. The fourth-order valence-electron chi connectivity index (χ4n) is 2.27. The minimum Gasteiger partial charge on any atom is -0.491 e. The van der Waals surface area contributed by atoms with E-state index in [9.17, 15) is 0 Å². The summed E-state index contributed by atoms with van der Waals surface area (Å²) in [6.45, 7) is 7.18. The normalized spacial score (nSPS) is 10.9. The van der Waals surface area contributed by atoms with Crippen LogP contribution in [0, 0.1) is 5.92 Å². The maximum Gasteiger partial charge on any atom is 0.145 e. The Morgan fingerprint density at radius 3 is 2.71 bits per heavy atom. The molecule has 21 heavy (non-hydrogen) atoms. The van der Waals surface area contributed by atoms with Gasteiger partial charge < -0.3 is 4.74 Å². The first-order chi connectivity index (χ1) is 10.1. The summed E-state index contributed by atoms with van der Waals surface area (Å²) in [5, 5.41) is 0.819. The molecule has 0 aliphatic heterocycles. The van der Waals surface area contributed by atoms with Crippen molar-refractivity contribution in [1.82, 2.24) is 4.98 Å². The van der Waals surface area contributed by atoms with E-state index in [1.165, 1.54) is 5.56 Å². The predicted molar refractivity (Wildman–Crippen MR) is 89.0 cm³/mol. The van der Waals surface area contributed by atoms with Gasteiger partial charge in [0.2, 0.25) is 0 Å². The van der Waals surface area contributed by atoms with Gasteiger partial charge in [-0.1, -0.05) is 44.5 Å². The van der Waals surface area contributed by atoms with Gasteiger partial charge in [-0.05, 0) is 42.0 Å². The molecule has 2 nitrogen and oxygen atoms in total. The molecule has 112 valence electrons. The maximum atomic E-state index is 6.42. The van der Waals surface area contributed by atoms with Gasteiger partial charge in [0.15, 0.2) is 0 Å². The van der Waals surface area contributed by atoms with Gasteiger partial charge in [0.05, 0.1) is 12.8 Å². The molecule has 2 aromatic rings. The molecule has 0 N–H and O–H groups in total. The maximum absolute atomic E-state index is 6.42. The number of aromatic nitrogens is 1. The van der Waals surface area contributed by atoms with Gasteiger partial charge in [-0.15, -0.1) is 0 Å². The highest BCUT2D eigenvalue weighted by Gasteiger charge is 2.09. The van der Waals surface area contributed by atoms with Crippen LogP contribution < -0.4 is 4.74 Å². The summed E-state index contributed by atoms with van der Waals surface area (Å²) in [5.74, 6) is 1.41. The average Bonchev–Trinajstić information content (AvgIpc) is 2.47. The highest BCUT2D eigenvalue weighted by atomic mass is 35.5. The third-order valence-corrected chi connectivity index (χ3v) is 3.59. The quantitative estimate of drug-likeness (QED) is 0.714. The van der Waals surface area contributed by atoms with Crippen molar-refractivity contribution >= 4 is 11.6 Å².